The van der Waals surface area contributed by atoms with E-state index in [0.717, 1.165) is 13.0 Å². The smallest absolute Gasteiger partial charge is 0.0515 e. The summed E-state index contributed by atoms with van der Waals surface area (Å²) in [5, 5.41) is 13.1. The molecule has 2 heteroatoms. The number of nitrogens with one attached hydrogen (secondary N) is 1. The van der Waals surface area contributed by atoms with Crippen molar-refractivity contribution in [3.05, 3.63) is 35.4 Å². The van der Waals surface area contributed by atoms with Crippen LogP contribution in [0.15, 0.2) is 24.3 Å². The maximum absolute atomic E-state index is 9.40. The summed E-state index contributed by atoms with van der Waals surface area (Å²) < 4.78 is 0. The lowest BCUT2D eigenvalue weighted by Crippen LogP contribution is -2.29. The van der Waals surface area contributed by atoms with Crippen LogP contribution in [0.5, 0.6) is 0 Å². The summed E-state index contributed by atoms with van der Waals surface area (Å²) in [5.74, 6) is 1.19. The molecule has 1 aliphatic rings. The largest absolute Gasteiger partial charge is 0.393 e. The van der Waals surface area contributed by atoms with Crippen LogP contribution in [0.2, 0.25) is 0 Å². The number of rotatable bonds is 5. The van der Waals surface area contributed by atoms with E-state index in [1.165, 1.54) is 17.5 Å². The molecular formula is C16H25NO. The zero-order valence-electron chi connectivity index (χ0n) is 11.7. The number of benzene rings is 1. The monoisotopic (exact) mass is 247 g/mol. The van der Waals surface area contributed by atoms with Gasteiger partial charge in [-0.05, 0) is 49.3 Å². The SMILES string of the molecule is CC(O)CC(C)CNC1c2ccccc2CC1C. The number of aliphatic hydroxyl groups is 1. The predicted molar refractivity (Wildman–Crippen MR) is 75.5 cm³/mol. The normalized spacial score (nSPS) is 25.8. The van der Waals surface area contributed by atoms with Crippen LogP contribution in [0, 0.1) is 11.8 Å². The number of hydrogen-bond donors (Lipinski definition) is 2. The summed E-state index contributed by atoms with van der Waals surface area (Å²) >= 11 is 0. The van der Waals surface area contributed by atoms with Gasteiger partial charge in [-0.1, -0.05) is 38.1 Å². The third-order valence-electron chi connectivity index (χ3n) is 3.93. The first kappa shape index (κ1) is 13.6. The molecular weight excluding hydrogens is 222 g/mol. The first-order valence-electron chi connectivity index (χ1n) is 7.07. The van der Waals surface area contributed by atoms with Gasteiger partial charge in [-0.25, -0.2) is 0 Å². The maximum atomic E-state index is 9.40. The van der Waals surface area contributed by atoms with E-state index in [1.54, 1.807) is 0 Å². The summed E-state index contributed by atoms with van der Waals surface area (Å²) in [6.45, 7) is 7.36. The fraction of sp³-hybridized carbons (Fsp3) is 0.625. The second kappa shape index (κ2) is 5.85. The Hall–Kier alpha value is -0.860. The molecule has 0 saturated carbocycles. The van der Waals surface area contributed by atoms with E-state index in [0.29, 0.717) is 17.9 Å². The molecule has 1 aliphatic carbocycles. The van der Waals surface area contributed by atoms with Gasteiger partial charge in [0.2, 0.25) is 0 Å². The van der Waals surface area contributed by atoms with Crippen molar-refractivity contribution >= 4 is 0 Å². The topological polar surface area (TPSA) is 32.3 Å². The average molecular weight is 247 g/mol. The molecule has 0 heterocycles. The lowest BCUT2D eigenvalue weighted by atomic mass is 10.00. The lowest BCUT2D eigenvalue weighted by Gasteiger charge is -2.22. The Labute approximate surface area is 110 Å². The Morgan fingerprint density at radius 2 is 2.06 bits per heavy atom. The molecule has 1 aromatic rings. The van der Waals surface area contributed by atoms with Gasteiger partial charge in [0.15, 0.2) is 0 Å². The zero-order chi connectivity index (χ0) is 13.1. The standard InChI is InChI=1S/C16H25NO/c1-11(8-13(3)18)10-17-16-12(2)9-14-6-4-5-7-15(14)16/h4-7,11-13,16-18H,8-10H2,1-3H3. The molecule has 0 amide bonds. The van der Waals surface area contributed by atoms with E-state index < -0.39 is 0 Å². The number of aliphatic hydroxyl groups excluding tert-OH is 1. The quantitative estimate of drug-likeness (QED) is 0.838. The van der Waals surface area contributed by atoms with Gasteiger partial charge in [-0.15, -0.1) is 0 Å². The highest BCUT2D eigenvalue weighted by Crippen LogP contribution is 2.35. The van der Waals surface area contributed by atoms with E-state index in [1.807, 2.05) is 6.92 Å². The van der Waals surface area contributed by atoms with Gasteiger partial charge in [-0.3, -0.25) is 0 Å². The fourth-order valence-corrected chi connectivity index (χ4v) is 3.10. The van der Waals surface area contributed by atoms with Crippen molar-refractivity contribution in [3.8, 4) is 0 Å². The van der Waals surface area contributed by atoms with Gasteiger partial charge in [0.1, 0.15) is 0 Å². The third-order valence-corrected chi connectivity index (χ3v) is 3.93. The van der Waals surface area contributed by atoms with E-state index in [9.17, 15) is 5.11 Å². The summed E-state index contributed by atoms with van der Waals surface area (Å²) in [7, 11) is 0. The molecule has 18 heavy (non-hydrogen) atoms. The Morgan fingerprint density at radius 3 is 2.78 bits per heavy atom. The molecule has 0 spiro atoms. The van der Waals surface area contributed by atoms with Gasteiger partial charge < -0.3 is 10.4 Å². The van der Waals surface area contributed by atoms with Crippen LogP contribution in [0.4, 0.5) is 0 Å². The van der Waals surface area contributed by atoms with Gasteiger partial charge in [-0.2, -0.15) is 0 Å². The van der Waals surface area contributed by atoms with Gasteiger partial charge in [0.25, 0.3) is 0 Å². The van der Waals surface area contributed by atoms with Crippen molar-refractivity contribution in [3.63, 3.8) is 0 Å². The molecule has 2 N–H and O–H groups in total. The summed E-state index contributed by atoms with van der Waals surface area (Å²) in [6, 6.07) is 9.23. The minimum absolute atomic E-state index is 0.199. The molecule has 0 aliphatic heterocycles. The molecule has 2 nitrogen and oxygen atoms in total. The molecule has 0 bridgehead atoms. The fourth-order valence-electron chi connectivity index (χ4n) is 3.10. The summed E-state index contributed by atoms with van der Waals surface area (Å²) in [4.78, 5) is 0. The Kier molecular flexibility index (Phi) is 4.41. The Morgan fingerprint density at radius 1 is 1.33 bits per heavy atom. The molecule has 4 unspecified atom stereocenters. The van der Waals surface area contributed by atoms with Crippen molar-refractivity contribution < 1.29 is 5.11 Å². The molecule has 0 aromatic heterocycles. The van der Waals surface area contributed by atoms with Crippen LogP contribution in [-0.2, 0) is 6.42 Å². The van der Waals surface area contributed by atoms with Crippen molar-refractivity contribution in [2.45, 2.75) is 45.8 Å². The van der Waals surface area contributed by atoms with Crippen molar-refractivity contribution in [2.75, 3.05) is 6.54 Å². The van der Waals surface area contributed by atoms with E-state index in [-0.39, 0.29) is 6.10 Å². The second-order valence-electron chi connectivity index (χ2n) is 5.96. The molecule has 100 valence electrons. The first-order valence-corrected chi connectivity index (χ1v) is 7.07. The highest BCUT2D eigenvalue weighted by Gasteiger charge is 2.28. The van der Waals surface area contributed by atoms with Crippen molar-refractivity contribution in [2.24, 2.45) is 11.8 Å². The van der Waals surface area contributed by atoms with Crippen LogP contribution >= 0.6 is 0 Å². The Balaban J connectivity index is 1.94. The maximum Gasteiger partial charge on any atom is 0.0515 e. The molecule has 2 rings (SSSR count). The summed E-state index contributed by atoms with van der Waals surface area (Å²) in [6.07, 6.45) is 1.85. The third kappa shape index (κ3) is 3.12. The molecule has 1 aromatic carbocycles. The predicted octanol–water partition coefficient (Wildman–Crippen LogP) is 2.92. The molecule has 0 saturated heterocycles. The molecule has 0 radical (unpaired) electrons. The van der Waals surface area contributed by atoms with Crippen molar-refractivity contribution in [1.29, 1.82) is 0 Å². The van der Waals surface area contributed by atoms with E-state index in [2.05, 4.69) is 43.4 Å². The average Bonchev–Trinajstić information content (AvgIpc) is 2.61. The van der Waals surface area contributed by atoms with Crippen LogP contribution in [-0.4, -0.2) is 17.8 Å². The first-order chi connectivity index (χ1) is 8.58. The number of fused-ring (bicyclic) bond motifs is 1. The van der Waals surface area contributed by atoms with Crippen LogP contribution in [0.1, 0.15) is 44.4 Å². The van der Waals surface area contributed by atoms with Gasteiger partial charge in [0, 0.05) is 6.04 Å². The minimum Gasteiger partial charge on any atom is -0.393 e. The van der Waals surface area contributed by atoms with Crippen LogP contribution < -0.4 is 5.32 Å². The Bertz CT molecular complexity index is 388. The van der Waals surface area contributed by atoms with E-state index in [4.69, 9.17) is 0 Å². The number of hydrogen-bond acceptors (Lipinski definition) is 2. The van der Waals surface area contributed by atoms with Gasteiger partial charge in [0.05, 0.1) is 6.10 Å². The van der Waals surface area contributed by atoms with Crippen LogP contribution in [0.25, 0.3) is 0 Å². The van der Waals surface area contributed by atoms with Crippen molar-refractivity contribution in [1.82, 2.24) is 5.32 Å². The lowest BCUT2D eigenvalue weighted by molar-refractivity contribution is 0.161. The van der Waals surface area contributed by atoms with E-state index >= 15 is 0 Å². The molecule has 0 fully saturated rings. The van der Waals surface area contributed by atoms with Gasteiger partial charge >= 0.3 is 0 Å². The van der Waals surface area contributed by atoms with Crippen LogP contribution in [0.3, 0.4) is 0 Å². The zero-order valence-corrected chi connectivity index (χ0v) is 11.7. The highest BCUT2D eigenvalue weighted by molar-refractivity contribution is 5.35. The second-order valence-corrected chi connectivity index (χ2v) is 5.96. The summed E-state index contributed by atoms with van der Waals surface area (Å²) in [5.41, 5.74) is 2.96. The molecule has 4 atom stereocenters. The minimum atomic E-state index is -0.199. The highest BCUT2D eigenvalue weighted by atomic mass is 16.3.